The largest absolute Gasteiger partial charge is 2.00 e. The minimum Gasteiger partial charge on any atom is -0.545 e. The van der Waals surface area contributed by atoms with Crippen molar-refractivity contribution in [3.8, 4) is 0 Å². The van der Waals surface area contributed by atoms with E-state index in [1.807, 2.05) is 12.1 Å². The number of benzene rings is 2. The maximum Gasteiger partial charge on any atom is 2.00 e. The molecule has 0 amide bonds. The van der Waals surface area contributed by atoms with E-state index in [4.69, 9.17) is 0 Å². The van der Waals surface area contributed by atoms with Crippen molar-refractivity contribution in [3.05, 3.63) is 70.8 Å². The van der Waals surface area contributed by atoms with E-state index >= 15 is 0 Å². The molecule has 0 saturated heterocycles. The fourth-order valence-electron chi connectivity index (χ4n) is 2.54. The molecule has 0 bridgehead atoms. The van der Waals surface area contributed by atoms with Gasteiger partial charge in [0, 0.05) is 0 Å². The van der Waals surface area contributed by atoms with Crippen LogP contribution < -0.4 is 10.2 Å². The Morgan fingerprint density at radius 1 is 0.724 bits per heavy atom. The Balaban J connectivity index is 0.000000523. The van der Waals surface area contributed by atoms with Crippen LogP contribution in [0.15, 0.2) is 48.5 Å². The smallest absolute Gasteiger partial charge is 0.545 e. The Morgan fingerprint density at radius 3 is 1.28 bits per heavy atom. The van der Waals surface area contributed by atoms with Crippen LogP contribution in [0.25, 0.3) is 0 Å². The van der Waals surface area contributed by atoms with Crippen LogP contribution >= 0.6 is 0 Å². The summed E-state index contributed by atoms with van der Waals surface area (Å²) in [6.45, 7) is 12.6. The van der Waals surface area contributed by atoms with Crippen LogP contribution in [0.2, 0.25) is 0 Å². The van der Waals surface area contributed by atoms with Gasteiger partial charge in [-0.15, -0.1) is 0 Å². The number of aromatic carboxylic acids is 2. The Labute approximate surface area is 194 Å². The maximum absolute atomic E-state index is 10.7. The van der Waals surface area contributed by atoms with Crippen molar-refractivity contribution >= 4 is 39.2 Å². The number of rotatable bonds is 6. The van der Waals surface area contributed by atoms with Crippen LogP contribution in [-0.4, -0.2) is 39.2 Å². The first-order valence-electron chi connectivity index (χ1n) is 9.58. The molecule has 154 valence electrons. The zero-order valence-electron chi connectivity index (χ0n) is 18.2. The number of carboxylic acid groups (broad SMARTS) is 2. The molecule has 2 radical (unpaired) electrons. The summed E-state index contributed by atoms with van der Waals surface area (Å²) in [5.41, 5.74) is 2.63. The second kappa shape index (κ2) is 11.5. The topological polar surface area (TPSA) is 80.3 Å². The van der Waals surface area contributed by atoms with Crippen LogP contribution in [0, 0.1) is 0 Å². The van der Waals surface area contributed by atoms with Crippen molar-refractivity contribution in [3.63, 3.8) is 0 Å². The van der Waals surface area contributed by atoms with Crippen LogP contribution in [0.4, 0.5) is 0 Å². The Hall–Kier alpha value is -1.70. The average molecular weight is 590 g/mol. The third-order valence-corrected chi connectivity index (χ3v) is 5.53. The predicted octanol–water partition coefficient (Wildman–Crippen LogP) is 3.09. The van der Waals surface area contributed by atoms with Crippen LogP contribution in [0.1, 0.15) is 86.2 Å². The molecule has 2 aromatic carbocycles. The maximum atomic E-state index is 10.7. The summed E-state index contributed by atoms with van der Waals surface area (Å²) in [7, 11) is 0. The second-order valence-corrected chi connectivity index (χ2v) is 8.21. The quantitative estimate of drug-likeness (QED) is 0.486. The molecule has 0 aliphatic heterocycles. The molecule has 0 aliphatic carbocycles. The van der Waals surface area contributed by atoms with E-state index in [1.165, 1.54) is 0 Å². The summed E-state index contributed by atoms with van der Waals surface area (Å²) in [6.07, 6.45) is 1.95. The minimum absolute atomic E-state index is 0. The van der Waals surface area contributed by atoms with Crippen molar-refractivity contribution in [1.29, 1.82) is 0 Å². The van der Waals surface area contributed by atoms with Crippen molar-refractivity contribution in [2.75, 3.05) is 0 Å². The summed E-state index contributed by atoms with van der Waals surface area (Å²) in [5.74, 6) is -2.22. The van der Waals surface area contributed by atoms with Gasteiger partial charge < -0.3 is 19.8 Å². The van der Waals surface area contributed by atoms with Gasteiger partial charge in [0.05, 0.1) is 11.9 Å². The Kier molecular flexibility index (Phi) is 10.8. The summed E-state index contributed by atoms with van der Waals surface area (Å²) >= 11 is 0. The summed E-state index contributed by atoms with van der Waals surface area (Å²) in [6, 6.07) is 13.9. The van der Waals surface area contributed by atoms with Gasteiger partial charge in [0.15, 0.2) is 0 Å². The zero-order valence-corrected chi connectivity index (χ0v) is 22.1. The molecule has 29 heavy (non-hydrogen) atoms. The minimum atomic E-state index is -1.11. The van der Waals surface area contributed by atoms with E-state index < -0.39 is 11.9 Å². The van der Waals surface area contributed by atoms with Crippen LogP contribution in [0.5, 0.6) is 0 Å². The van der Waals surface area contributed by atoms with E-state index in [2.05, 4.69) is 41.5 Å². The molecule has 0 fully saturated rings. The molecule has 0 aromatic heterocycles. The van der Waals surface area contributed by atoms with Gasteiger partial charge >= 0.3 is 27.3 Å². The Bertz CT molecular complexity index is 756. The van der Waals surface area contributed by atoms with Gasteiger partial charge in [-0.2, -0.15) is 0 Å². The standard InChI is InChI=1S/2C12H16O2.Pb/c2*1-4-12(2,3)10-7-5-6-9(8-10)11(13)14;/h2*5-8H,4H2,1-3H3,(H,13,14);/q;;+2/p-2. The van der Waals surface area contributed by atoms with Gasteiger partial charge in [-0.3, -0.25) is 0 Å². The summed E-state index contributed by atoms with van der Waals surface area (Å²) in [4.78, 5) is 21.3. The van der Waals surface area contributed by atoms with Gasteiger partial charge in [0.25, 0.3) is 0 Å². The molecule has 0 aliphatic rings. The van der Waals surface area contributed by atoms with Crippen LogP contribution in [-0.2, 0) is 10.8 Å². The molecule has 0 unspecified atom stereocenters. The van der Waals surface area contributed by atoms with E-state index in [0.717, 1.165) is 24.0 Å². The van der Waals surface area contributed by atoms with E-state index in [1.54, 1.807) is 36.4 Å². The molecular weight excluding hydrogens is 559 g/mol. The van der Waals surface area contributed by atoms with E-state index in [0.29, 0.717) is 0 Å². The van der Waals surface area contributed by atoms with Crippen LogP contribution in [0.3, 0.4) is 0 Å². The van der Waals surface area contributed by atoms with Gasteiger partial charge in [-0.25, -0.2) is 0 Å². The molecule has 0 spiro atoms. The molecule has 5 heteroatoms. The number of hydrogen-bond donors (Lipinski definition) is 0. The number of carboxylic acids is 2. The normalized spacial score (nSPS) is 11.0. The molecule has 2 aromatic rings. The number of carbonyl (C=O) groups is 2. The Morgan fingerprint density at radius 2 is 1.03 bits per heavy atom. The summed E-state index contributed by atoms with van der Waals surface area (Å²) in [5, 5.41) is 21.3. The first-order valence-corrected chi connectivity index (χ1v) is 9.58. The second-order valence-electron chi connectivity index (χ2n) is 8.21. The van der Waals surface area contributed by atoms with Crippen molar-refractivity contribution in [2.24, 2.45) is 0 Å². The molecule has 4 nitrogen and oxygen atoms in total. The zero-order chi connectivity index (χ0) is 21.5. The van der Waals surface area contributed by atoms with Gasteiger partial charge in [-0.1, -0.05) is 77.9 Å². The molecular formula is C24H30O4Pb. The van der Waals surface area contributed by atoms with Gasteiger partial charge in [0.1, 0.15) is 0 Å². The number of hydrogen-bond acceptors (Lipinski definition) is 4. The molecule has 0 N–H and O–H groups in total. The number of carbonyl (C=O) groups excluding carboxylic acids is 2. The van der Waals surface area contributed by atoms with Crippen molar-refractivity contribution in [2.45, 2.75) is 65.2 Å². The first-order chi connectivity index (χ1) is 12.9. The SMILES string of the molecule is CCC(C)(C)c1cccc(C(=O)[O-])c1.CCC(C)(C)c1cccc(C(=O)[O-])c1.[Pb+2]. The third kappa shape index (κ3) is 7.91. The molecule has 0 saturated carbocycles. The summed E-state index contributed by atoms with van der Waals surface area (Å²) < 4.78 is 0. The predicted molar refractivity (Wildman–Crippen MR) is 114 cm³/mol. The van der Waals surface area contributed by atoms with E-state index in [9.17, 15) is 19.8 Å². The fraction of sp³-hybridized carbons (Fsp3) is 0.417. The monoisotopic (exact) mass is 590 g/mol. The van der Waals surface area contributed by atoms with Gasteiger partial charge in [-0.05, 0) is 58.1 Å². The molecule has 0 atom stereocenters. The molecule has 0 heterocycles. The molecule has 2 rings (SSSR count). The van der Waals surface area contributed by atoms with Gasteiger partial charge in [0.2, 0.25) is 0 Å². The van der Waals surface area contributed by atoms with E-state index in [-0.39, 0.29) is 49.3 Å². The third-order valence-electron chi connectivity index (χ3n) is 5.53. The first kappa shape index (κ1) is 27.3. The fourth-order valence-corrected chi connectivity index (χ4v) is 2.54. The van der Waals surface area contributed by atoms with Crippen molar-refractivity contribution in [1.82, 2.24) is 0 Å². The average Bonchev–Trinajstić information content (AvgIpc) is 2.68. The van der Waals surface area contributed by atoms with Crippen molar-refractivity contribution < 1.29 is 19.8 Å².